The number of halogens is 4. The minimum absolute atomic E-state index is 0. The molecule has 0 heterocycles. The Kier molecular flexibility index (Phi) is 16.2. The molecule has 47 heavy (non-hydrogen) atoms. The van der Waals surface area contributed by atoms with E-state index in [0.29, 0.717) is 11.3 Å². The SMILES string of the molecule is CCCC1[C-]=CC(C(C)(C)C)=C1.Cc1[c-]c2c(cc1C)-c1cc(C)c(C)cc1C2.Clc1ccc([C](=[Zr+2])c2ccc(Cl)cc2)cc1.[Cl-].[Cl-]. The maximum Gasteiger partial charge on any atom is -1.00 e. The molecule has 1 atom stereocenters. The summed E-state index contributed by atoms with van der Waals surface area (Å²) in [6.07, 6.45) is 11.5. The number of allylic oxidation sites excluding steroid dienone is 4. The van der Waals surface area contributed by atoms with E-state index in [1.807, 2.05) is 48.5 Å². The Morgan fingerprint density at radius 2 is 1.30 bits per heavy atom. The van der Waals surface area contributed by atoms with E-state index in [9.17, 15) is 0 Å². The molecule has 0 radical (unpaired) electrons. The first-order chi connectivity index (χ1) is 21.3. The van der Waals surface area contributed by atoms with Gasteiger partial charge in [0.2, 0.25) is 0 Å². The van der Waals surface area contributed by atoms with Gasteiger partial charge in [0.1, 0.15) is 0 Å². The molecule has 2 aliphatic rings. The summed E-state index contributed by atoms with van der Waals surface area (Å²) in [7, 11) is 0. The van der Waals surface area contributed by atoms with Gasteiger partial charge in [-0.3, -0.25) is 6.08 Å². The van der Waals surface area contributed by atoms with Gasteiger partial charge in [0, 0.05) is 0 Å². The first-order valence-electron chi connectivity index (χ1n) is 15.8. The fourth-order valence-electron chi connectivity index (χ4n) is 5.50. The fraction of sp³-hybridized carbons (Fsp3) is 0.310. The second-order valence-electron chi connectivity index (χ2n) is 13.2. The summed E-state index contributed by atoms with van der Waals surface area (Å²) < 4.78 is 1.31. The van der Waals surface area contributed by atoms with Crippen LogP contribution < -0.4 is 24.8 Å². The molecule has 0 saturated carbocycles. The average Bonchev–Trinajstić information content (AvgIpc) is 3.60. The third-order valence-corrected chi connectivity index (χ3v) is 10.5. The van der Waals surface area contributed by atoms with Gasteiger partial charge in [0.15, 0.2) is 0 Å². The summed E-state index contributed by atoms with van der Waals surface area (Å²) in [5, 5.41) is 1.53. The topological polar surface area (TPSA) is 0 Å². The summed E-state index contributed by atoms with van der Waals surface area (Å²) in [5.41, 5.74) is 15.2. The zero-order valence-corrected chi connectivity index (χ0v) is 34.2. The zero-order chi connectivity index (χ0) is 32.9. The van der Waals surface area contributed by atoms with Gasteiger partial charge in [-0.15, -0.1) is 11.1 Å². The molecule has 0 amide bonds. The van der Waals surface area contributed by atoms with Crippen molar-refractivity contribution in [2.45, 2.75) is 74.7 Å². The first-order valence-corrected chi connectivity index (χ1v) is 17.8. The summed E-state index contributed by atoms with van der Waals surface area (Å²) >= 11 is 13.1. The van der Waals surface area contributed by atoms with Crippen LogP contribution >= 0.6 is 23.2 Å². The summed E-state index contributed by atoms with van der Waals surface area (Å²) in [4.78, 5) is 0. The Bertz CT molecular complexity index is 1620. The molecule has 0 spiro atoms. The van der Waals surface area contributed by atoms with E-state index in [1.54, 1.807) is 0 Å². The van der Waals surface area contributed by atoms with Crippen molar-refractivity contribution in [3.05, 3.63) is 151 Å². The van der Waals surface area contributed by atoms with E-state index in [2.05, 4.69) is 97.9 Å². The van der Waals surface area contributed by atoms with Crippen molar-refractivity contribution in [1.82, 2.24) is 0 Å². The van der Waals surface area contributed by atoms with Gasteiger partial charge in [-0.2, -0.15) is 34.9 Å². The minimum atomic E-state index is 0. The summed E-state index contributed by atoms with van der Waals surface area (Å²) in [6.45, 7) is 17.7. The predicted octanol–water partition coefficient (Wildman–Crippen LogP) is 6.16. The average molecular weight is 782 g/mol. The van der Waals surface area contributed by atoms with Crippen LogP contribution in [0.2, 0.25) is 10.0 Å². The van der Waals surface area contributed by atoms with Crippen molar-refractivity contribution < 1.29 is 49.0 Å². The molecular weight excluding hydrogens is 737 g/mol. The maximum absolute atomic E-state index is 5.86. The number of fused-ring (bicyclic) bond motifs is 3. The van der Waals surface area contributed by atoms with E-state index in [1.165, 1.54) is 101 Å². The van der Waals surface area contributed by atoms with Crippen LogP contribution in [0, 0.1) is 51.2 Å². The van der Waals surface area contributed by atoms with Crippen LogP contribution in [0.1, 0.15) is 85.0 Å². The molecule has 0 aromatic heterocycles. The molecule has 0 saturated heterocycles. The maximum atomic E-state index is 5.86. The monoisotopic (exact) mass is 778 g/mol. The molecule has 4 aromatic carbocycles. The van der Waals surface area contributed by atoms with Crippen molar-refractivity contribution in [3.8, 4) is 11.1 Å². The molecule has 1 unspecified atom stereocenters. The second-order valence-corrected chi connectivity index (χ2v) is 15.3. The van der Waals surface area contributed by atoms with E-state index < -0.39 is 0 Å². The third kappa shape index (κ3) is 11.1. The fourth-order valence-corrected chi connectivity index (χ4v) is 6.57. The molecule has 0 N–H and O–H groups in total. The van der Waals surface area contributed by atoms with Gasteiger partial charge in [0.25, 0.3) is 0 Å². The largest absolute Gasteiger partial charge is 1.00 e. The molecule has 0 bridgehead atoms. The quantitative estimate of drug-likeness (QED) is 0.192. The van der Waals surface area contributed by atoms with Crippen LogP contribution in [0.3, 0.4) is 0 Å². The van der Waals surface area contributed by atoms with Crippen LogP contribution in [0.15, 0.2) is 84.5 Å². The van der Waals surface area contributed by atoms with Crippen LogP contribution in [0.4, 0.5) is 0 Å². The van der Waals surface area contributed by atoms with Crippen molar-refractivity contribution >= 4 is 26.4 Å². The van der Waals surface area contributed by atoms with Crippen LogP contribution in [-0.4, -0.2) is 3.21 Å². The summed E-state index contributed by atoms with van der Waals surface area (Å²) in [6, 6.07) is 26.4. The standard InChI is InChI=1S/C17H17.C13H8Cl2.C12H19.2ClH.Zr/c1-10-5-14-9-15-6-11(2)13(4)8-17(15)16(14)7-12(10)3;14-12-5-1-10(2-6-12)9-11-3-7-13(15)8-4-11;1-5-6-10-7-8-11(9-10)12(2,3)4;;;/h5,7-8H,9H2,1-4H3;1-8H;8-10H,5-6H2,1-4H3;2*1H;/q-1;;-1;;;+2/p-2. The Hall–Kier alpha value is -1.73. The molecule has 5 heteroatoms. The number of aryl methyl sites for hydroxylation is 4. The molecule has 246 valence electrons. The number of hydrogen-bond acceptors (Lipinski definition) is 0. The second kappa shape index (κ2) is 18.3. The number of hydrogen-bond donors (Lipinski definition) is 0. The van der Waals surface area contributed by atoms with E-state index in [-0.39, 0.29) is 24.8 Å². The molecular formula is C42H44Cl4Zr-2. The van der Waals surface area contributed by atoms with Gasteiger partial charge in [-0.05, 0) is 37.0 Å². The molecule has 2 aliphatic carbocycles. The smallest absolute Gasteiger partial charge is 1.00 e. The van der Waals surface area contributed by atoms with Crippen LogP contribution in [0.25, 0.3) is 11.1 Å². The molecule has 6 rings (SSSR count). The third-order valence-electron chi connectivity index (χ3n) is 8.56. The first kappa shape index (κ1) is 41.4. The van der Waals surface area contributed by atoms with Gasteiger partial charge < -0.3 is 24.8 Å². The Morgan fingerprint density at radius 1 is 0.787 bits per heavy atom. The summed E-state index contributed by atoms with van der Waals surface area (Å²) in [5.74, 6) is 0.587. The molecule has 4 aromatic rings. The van der Waals surface area contributed by atoms with Crippen molar-refractivity contribution in [1.29, 1.82) is 0 Å². The van der Waals surface area contributed by atoms with E-state index in [0.717, 1.165) is 16.5 Å². The van der Waals surface area contributed by atoms with Crippen molar-refractivity contribution in [3.63, 3.8) is 0 Å². The zero-order valence-electron chi connectivity index (χ0n) is 28.7. The van der Waals surface area contributed by atoms with Crippen LogP contribution in [0.5, 0.6) is 0 Å². The Morgan fingerprint density at radius 3 is 1.79 bits per heavy atom. The van der Waals surface area contributed by atoms with Gasteiger partial charge in [0.05, 0.1) is 0 Å². The normalized spacial score (nSPS) is 13.9. The molecule has 0 fully saturated rings. The van der Waals surface area contributed by atoms with Crippen molar-refractivity contribution in [2.24, 2.45) is 11.3 Å². The van der Waals surface area contributed by atoms with Gasteiger partial charge in [-0.25, -0.2) is 6.08 Å². The number of rotatable bonds is 4. The van der Waals surface area contributed by atoms with Gasteiger partial charge in [-0.1, -0.05) is 83.4 Å². The Balaban J connectivity index is 0.000000244. The molecule has 0 nitrogen and oxygen atoms in total. The molecule has 0 aliphatic heterocycles. The number of benzene rings is 4. The van der Waals surface area contributed by atoms with Gasteiger partial charge >= 0.3 is 120 Å². The van der Waals surface area contributed by atoms with E-state index in [4.69, 9.17) is 23.2 Å². The van der Waals surface area contributed by atoms with Crippen LogP contribution in [-0.2, 0) is 30.7 Å². The predicted molar refractivity (Wildman–Crippen MR) is 192 cm³/mol. The van der Waals surface area contributed by atoms with E-state index >= 15 is 0 Å². The Labute approximate surface area is 321 Å². The van der Waals surface area contributed by atoms with Crippen molar-refractivity contribution in [2.75, 3.05) is 0 Å². The minimum Gasteiger partial charge on any atom is -1.00 e.